The molecule has 3 fully saturated rings. The molecule has 452 valence electrons. The SMILES string of the molecule is O=C(N[C@@H](COC(=O)[C@H](COC(=O)[C@H](CO)NC(=O)c1cc([C@@H]2O[C@H](CO)[C@@H](O)[C@H](O)[C@H]2O)cc(O)c1O)NC(=O)c1cc([C@@H]2O[C@H](CO)[C@@H](O)[C@H](O)[C@H]2O)cc(O)c1O)C(=O)O)c1cc([C@@H]2O[C@H](CO)[C@@H](O)[C@H](O)[C@H]2O)cc(O)c1O. The Bertz CT molecular complexity index is 2830. The number of rotatable bonds is 20. The van der Waals surface area contributed by atoms with Gasteiger partial charge in [0.2, 0.25) is 0 Å². The van der Waals surface area contributed by atoms with Crippen molar-refractivity contribution in [3.8, 4) is 34.5 Å². The van der Waals surface area contributed by atoms with Crippen molar-refractivity contribution in [1.82, 2.24) is 16.0 Å². The molecule has 3 aromatic carbocycles. The van der Waals surface area contributed by atoms with Gasteiger partial charge in [-0.15, -0.1) is 0 Å². The summed E-state index contributed by atoms with van der Waals surface area (Å²) in [5, 5.41) is 212. The molecule has 82 heavy (non-hydrogen) atoms. The number of carboxylic acid groups (broad SMARTS) is 1. The van der Waals surface area contributed by atoms with Crippen LogP contribution < -0.4 is 16.0 Å². The van der Waals surface area contributed by atoms with Gasteiger partial charge in [-0.2, -0.15) is 0 Å². The average Bonchev–Trinajstić information content (AvgIpc) is 3.59. The normalized spacial score (nSPS) is 29.3. The summed E-state index contributed by atoms with van der Waals surface area (Å²) in [6.45, 7) is -6.93. The van der Waals surface area contributed by atoms with Crippen molar-refractivity contribution in [2.24, 2.45) is 0 Å². The molecule has 0 radical (unpaired) electrons. The fraction of sp³-hybridized carbons (Fsp3) is 0.500. The summed E-state index contributed by atoms with van der Waals surface area (Å²) >= 11 is 0. The number of ether oxygens (including phenoxy) is 5. The monoisotopic (exact) mass is 1170 g/mol. The molecule has 18 atom stereocenters. The van der Waals surface area contributed by atoms with Crippen LogP contribution >= 0.6 is 0 Å². The zero-order valence-corrected chi connectivity index (χ0v) is 42.0. The van der Waals surface area contributed by atoms with E-state index in [1.807, 2.05) is 16.0 Å². The quantitative estimate of drug-likeness (QED) is 0.0369. The van der Waals surface area contributed by atoms with Crippen molar-refractivity contribution in [3.05, 3.63) is 69.8 Å². The number of carboxylic acids is 1. The minimum atomic E-state index is -2.40. The van der Waals surface area contributed by atoms with Crippen LogP contribution in [0.15, 0.2) is 36.4 Å². The van der Waals surface area contributed by atoms with Crippen LogP contribution in [0.2, 0.25) is 0 Å². The molecule has 0 unspecified atom stereocenters. The highest BCUT2D eigenvalue weighted by Crippen LogP contribution is 2.42. The van der Waals surface area contributed by atoms with Gasteiger partial charge in [-0.3, -0.25) is 14.4 Å². The fourth-order valence-electron chi connectivity index (χ4n) is 8.83. The van der Waals surface area contributed by atoms with Crippen LogP contribution in [0.4, 0.5) is 0 Å². The molecule has 0 aliphatic carbocycles. The number of phenolic OH excluding ortho intramolecular Hbond substituents is 6. The second-order valence-corrected chi connectivity index (χ2v) is 18.9. The van der Waals surface area contributed by atoms with E-state index in [1.165, 1.54) is 0 Å². The number of nitrogens with one attached hydrogen (secondary N) is 3. The van der Waals surface area contributed by atoms with Crippen molar-refractivity contribution in [2.45, 2.75) is 110 Å². The van der Waals surface area contributed by atoms with Gasteiger partial charge in [0.1, 0.15) is 105 Å². The maximum absolute atomic E-state index is 13.9. The fourth-order valence-corrected chi connectivity index (χ4v) is 8.83. The lowest BCUT2D eigenvalue weighted by Gasteiger charge is -2.40. The summed E-state index contributed by atoms with van der Waals surface area (Å²) in [5.74, 6) is -16.9. The number of aliphatic hydroxyl groups excluding tert-OH is 13. The molecule has 0 spiro atoms. The predicted molar refractivity (Wildman–Crippen MR) is 258 cm³/mol. The first-order chi connectivity index (χ1) is 38.6. The first kappa shape index (κ1) is 63.8. The molecule has 34 heteroatoms. The summed E-state index contributed by atoms with van der Waals surface area (Å²) in [6.07, 6.45) is -27.1. The molecule has 3 saturated heterocycles. The predicted octanol–water partition coefficient (Wildman–Crippen LogP) is -8.68. The largest absolute Gasteiger partial charge is 0.504 e. The number of aliphatic hydroxyl groups is 13. The minimum Gasteiger partial charge on any atom is -0.504 e. The third-order valence-corrected chi connectivity index (χ3v) is 13.5. The van der Waals surface area contributed by atoms with Crippen LogP contribution in [-0.2, 0) is 38.1 Å². The lowest BCUT2D eigenvalue weighted by Crippen LogP contribution is -2.55. The van der Waals surface area contributed by atoms with Crippen molar-refractivity contribution < 1.29 is 155 Å². The summed E-state index contributed by atoms with van der Waals surface area (Å²) in [7, 11) is 0. The highest BCUT2D eigenvalue weighted by atomic mass is 16.6. The lowest BCUT2D eigenvalue weighted by molar-refractivity contribution is -0.231. The van der Waals surface area contributed by atoms with Gasteiger partial charge in [-0.1, -0.05) is 0 Å². The van der Waals surface area contributed by atoms with E-state index in [0.29, 0.717) is 0 Å². The Hall–Kier alpha value is -7.36. The maximum atomic E-state index is 13.9. The second kappa shape index (κ2) is 26.7. The number of hydrogen-bond donors (Lipinski definition) is 23. The average molecular weight is 1170 g/mol. The number of amides is 3. The Kier molecular flexibility index (Phi) is 20.8. The highest BCUT2D eigenvalue weighted by molar-refractivity contribution is 6.02. The van der Waals surface area contributed by atoms with Crippen LogP contribution in [0, 0.1) is 0 Å². The number of esters is 2. The zero-order chi connectivity index (χ0) is 60.9. The van der Waals surface area contributed by atoms with Gasteiger partial charge in [-0.05, 0) is 53.1 Å². The topological polar surface area (TPSA) is 589 Å². The highest BCUT2D eigenvalue weighted by Gasteiger charge is 2.47. The molecule has 0 aromatic heterocycles. The molecule has 3 heterocycles. The van der Waals surface area contributed by atoms with Crippen LogP contribution in [0.1, 0.15) is 66.1 Å². The Balaban J connectivity index is 1.25. The van der Waals surface area contributed by atoms with E-state index in [9.17, 15) is 131 Å². The molecule has 0 saturated carbocycles. The van der Waals surface area contributed by atoms with Gasteiger partial charge in [0.05, 0.1) is 43.1 Å². The third kappa shape index (κ3) is 13.4. The zero-order valence-electron chi connectivity index (χ0n) is 42.0. The molecular formula is C48H59N3O31. The smallest absolute Gasteiger partial charge is 0.332 e. The number of aromatic hydroxyl groups is 6. The van der Waals surface area contributed by atoms with Crippen LogP contribution in [0.5, 0.6) is 34.5 Å². The van der Waals surface area contributed by atoms with Gasteiger partial charge >= 0.3 is 17.9 Å². The van der Waals surface area contributed by atoms with Gasteiger partial charge in [0.15, 0.2) is 52.6 Å². The van der Waals surface area contributed by atoms with E-state index in [1.54, 1.807) is 0 Å². The minimum absolute atomic E-state index is 0.348. The molecule has 3 aliphatic rings. The summed E-state index contributed by atoms with van der Waals surface area (Å²) in [6, 6.07) is -2.43. The number of carbonyl (C=O) groups excluding carboxylic acids is 5. The molecule has 3 aliphatic heterocycles. The van der Waals surface area contributed by atoms with E-state index >= 15 is 0 Å². The first-order valence-corrected chi connectivity index (χ1v) is 24.3. The number of hydrogen-bond acceptors (Lipinski definition) is 30. The van der Waals surface area contributed by atoms with Crippen molar-refractivity contribution in [1.29, 1.82) is 0 Å². The Morgan fingerprint density at radius 1 is 0.415 bits per heavy atom. The molecule has 6 rings (SSSR count). The molecule has 23 N–H and O–H groups in total. The summed E-state index contributed by atoms with van der Waals surface area (Å²) < 4.78 is 26.5. The second-order valence-electron chi connectivity index (χ2n) is 18.9. The van der Waals surface area contributed by atoms with Gasteiger partial charge in [-0.25, -0.2) is 14.4 Å². The number of carbonyl (C=O) groups is 6. The van der Waals surface area contributed by atoms with Crippen molar-refractivity contribution in [2.75, 3.05) is 39.6 Å². The molecular weight excluding hydrogens is 1110 g/mol. The van der Waals surface area contributed by atoms with Gasteiger partial charge in [0, 0.05) is 0 Å². The summed E-state index contributed by atoms with van der Waals surface area (Å²) in [4.78, 5) is 80.8. The number of phenols is 6. The maximum Gasteiger partial charge on any atom is 0.332 e. The van der Waals surface area contributed by atoms with Gasteiger partial charge in [0.25, 0.3) is 17.7 Å². The van der Waals surface area contributed by atoms with Gasteiger partial charge < -0.3 is 142 Å². The Morgan fingerprint density at radius 3 is 0.988 bits per heavy atom. The number of aliphatic carboxylic acids is 1. The lowest BCUT2D eigenvalue weighted by atomic mass is 9.90. The third-order valence-electron chi connectivity index (χ3n) is 13.5. The molecule has 3 amide bonds. The van der Waals surface area contributed by atoms with Crippen LogP contribution in [0.3, 0.4) is 0 Å². The molecule has 0 bridgehead atoms. The molecule has 34 nitrogen and oxygen atoms in total. The van der Waals surface area contributed by atoms with Crippen molar-refractivity contribution >= 4 is 35.6 Å². The van der Waals surface area contributed by atoms with Crippen LogP contribution in [-0.4, -0.2) is 269 Å². The summed E-state index contributed by atoms with van der Waals surface area (Å²) in [5.41, 5.74) is -3.96. The number of benzene rings is 3. The van der Waals surface area contributed by atoms with E-state index < -0.39 is 242 Å². The van der Waals surface area contributed by atoms with Crippen LogP contribution in [0.25, 0.3) is 0 Å². The Labute approximate surface area is 459 Å². The van der Waals surface area contributed by atoms with E-state index in [4.69, 9.17) is 23.7 Å². The first-order valence-electron chi connectivity index (χ1n) is 24.3. The van der Waals surface area contributed by atoms with E-state index in [2.05, 4.69) is 0 Å². The molecule has 3 aromatic rings. The Morgan fingerprint density at radius 2 is 0.695 bits per heavy atom. The van der Waals surface area contributed by atoms with Crippen molar-refractivity contribution in [3.63, 3.8) is 0 Å². The van der Waals surface area contributed by atoms with E-state index in [-0.39, 0.29) is 11.1 Å². The van der Waals surface area contributed by atoms with E-state index in [0.717, 1.165) is 36.4 Å². The standard InChI is InChI=1S/C48H59N3O31/c52-7-19(49-43(71)16-1-13(4-22(56)28(16)59)40-37(68)34(65)31(62)25(8-53)80-40)47(76)79-12-21(51-45(73)18-3-15(6-24(58)30(18)61)42-39(70)36(67)33(64)27(10-55)82-42)48(77)78-11-20(46(74)75)50-44(72)17-2-14(5-23(57)29(17)60)41-38(69)35(66)32(63)26(9-54)81-41/h1-6,19-21,25-27,31-42,52-70H,7-12H2,(H,49,71)(H,50,72)(H,51,73)(H,74,75)/t19-,20-,21-,25+,26+,27+,31+,32+,33+,34-,35-,36-,37+,38+,39+,40-,41-,42-/m0/s1.